The Morgan fingerprint density at radius 3 is 3.00 bits per heavy atom. The fraction of sp³-hybridized carbons (Fsp3) is 0.714. The largest absolute Gasteiger partial charge is 0.250 e. The van der Waals surface area contributed by atoms with Crippen molar-refractivity contribution in [3.05, 3.63) is 0 Å². The maximum atomic E-state index is 5.30. The Labute approximate surface area is 69.5 Å². The third-order valence-electron chi connectivity index (χ3n) is 1.72. The molecule has 0 saturated carbocycles. The summed E-state index contributed by atoms with van der Waals surface area (Å²) in [4.78, 5) is 0. The van der Waals surface area contributed by atoms with E-state index in [2.05, 4.69) is 17.3 Å². The molecular weight excluding hydrogens is 162 g/mol. The lowest BCUT2D eigenvalue weighted by Crippen LogP contribution is -2.33. The van der Waals surface area contributed by atoms with Gasteiger partial charge in [0.1, 0.15) is 0 Å². The molecular formula is C7H11NS2. The average molecular weight is 173 g/mol. The van der Waals surface area contributed by atoms with Crippen LogP contribution in [-0.2, 0) is 20.8 Å². The summed E-state index contributed by atoms with van der Waals surface area (Å²) in [5, 5.41) is 0. The molecule has 1 rings (SSSR count). The second-order valence-electron chi connectivity index (χ2n) is 2.49. The Kier molecular flexibility index (Phi) is 2.84. The maximum absolute atomic E-state index is 5.30. The van der Waals surface area contributed by atoms with Crippen LogP contribution in [0.3, 0.4) is 0 Å². The quantitative estimate of drug-likeness (QED) is 0.493. The normalized spacial score (nSPS) is 35.2. The highest BCUT2D eigenvalue weighted by atomic mass is 32.8. The van der Waals surface area contributed by atoms with Crippen LogP contribution in [0.25, 0.3) is 0 Å². The summed E-state index contributed by atoms with van der Waals surface area (Å²) in [6.07, 6.45) is 6.42. The molecule has 0 aromatic heterocycles. The Morgan fingerprint density at radius 1 is 1.80 bits per heavy atom. The van der Waals surface area contributed by atoms with Gasteiger partial charge in [-0.1, -0.05) is 9.64 Å². The van der Waals surface area contributed by atoms with Crippen molar-refractivity contribution in [2.45, 2.75) is 6.42 Å². The highest BCUT2D eigenvalue weighted by Crippen LogP contribution is 2.13. The first-order valence-corrected chi connectivity index (χ1v) is 5.57. The molecule has 10 heavy (non-hydrogen) atoms. The summed E-state index contributed by atoms with van der Waals surface area (Å²) in [6.45, 7) is 1.07. The van der Waals surface area contributed by atoms with Gasteiger partial charge in [-0.25, -0.2) is 0 Å². The molecule has 0 bridgehead atoms. The average Bonchev–Trinajstić information content (AvgIpc) is 1.95. The van der Waals surface area contributed by atoms with E-state index >= 15 is 0 Å². The van der Waals surface area contributed by atoms with Gasteiger partial charge in [-0.3, -0.25) is 4.31 Å². The minimum Gasteiger partial charge on any atom is -0.250 e. The minimum atomic E-state index is 0.00926. The highest BCUT2D eigenvalue weighted by Gasteiger charge is 2.17. The molecule has 1 aliphatic heterocycles. The number of terminal acetylenes is 1. The first kappa shape index (κ1) is 8.19. The van der Waals surface area contributed by atoms with Crippen molar-refractivity contribution in [1.82, 2.24) is 4.31 Å². The van der Waals surface area contributed by atoms with E-state index in [0.29, 0.717) is 5.92 Å². The van der Waals surface area contributed by atoms with Gasteiger partial charge in [0.25, 0.3) is 0 Å². The third-order valence-corrected chi connectivity index (χ3v) is 4.46. The molecule has 2 unspecified atom stereocenters. The Bertz CT molecular complexity index is 183. The lowest BCUT2D eigenvalue weighted by molar-refractivity contribution is 0.474. The Morgan fingerprint density at radius 2 is 2.50 bits per heavy atom. The van der Waals surface area contributed by atoms with Crippen LogP contribution in [0.5, 0.6) is 0 Å². The first-order valence-electron chi connectivity index (χ1n) is 3.30. The van der Waals surface area contributed by atoms with Crippen LogP contribution in [-0.4, -0.2) is 23.7 Å². The molecule has 0 spiro atoms. The second kappa shape index (κ2) is 3.47. The van der Waals surface area contributed by atoms with Crippen LogP contribution >= 0.6 is 0 Å². The van der Waals surface area contributed by atoms with E-state index in [9.17, 15) is 0 Å². The van der Waals surface area contributed by atoms with Crippen molar-refractivity contribution in [3.63, 3.8) is 0 Å². The number of hydrogen-bond acceptors (Lipinski definition) is 1. The van der Waals surface area contributed by atoms with Gasteiger partial charge in [0.15, 0.2) is 0 Å². The van der Waals surface area contributed by atoms with Gasteiger partial charge in [-0.15, -0.1) is 12.3 Å². The van der Waals surface area contributed by atoms with Crippen LogP contribution in [0.4, 0.5) is 0 Å². The molecule has 1 nitrogen and oxygen atoms in total. The second-order valence-corrected chi connectivity index (χ2v) is 5.25. The van der Waals surface area contributed by atoms with Gasteiger partial charge in [-0.2, -0.15) is 0 Å². The van der Waals surface area contributed by atoms with Crippen molar-refractivity contribution in [3.8, 4) is 12.3 Å². The van der Waals surface area contributed by atoms with Gasteiger partial charge in [0.05, 0.1) is 0 Å². The molecule has 2 atom stereocenters. The summed E-state index contributed by atoms with van der Waals surface area (Å²) in [5.74, 6) is 4.23. The molecule has 0 aliphatic carbocycles. The smallest absolute Gasteiger partial charge is 0.0318 e. The van der Waals surface area contributed by atoms with Gasteiger partial charge in [0.2, 0.25) is 0 Å². The van der Waals surface area contributed by atoms with Crippen LogP contribution in [0.2, 0.25) is 0 Å². The number of hydrogen-bond donors (Lipinski definition) is 0. The molecule has 0 aromatic rings. The summed E-state index contributed by atoms with van der Waals surface area (Å²) in [6, 6.07) is 0. The van der Waals surface area contributed by atoms with E-state index in [1.54, 1.807) is 0 Å². The zero-order valence-electron chi connectivity index (χ0n) is 6.04. The molecule has 1 fully saturated rings. The Balaban J connectivity index is 2.50. The zero-order valence-corrected chi connectivity index (χ0v) is 7.67. The van der Waals surface area contributed by atoms with Gasteiger partial charge in [0, 0.05) is 18.2 Å². The zero-order chi connectivity index (χ0) is 7.56. The van der Waals surface area contributed by atoms with Crippen LogP contribution in [0.1, 0.15) is 6.42 Å². The topological polar surface area (TPSA) is 3.24 Å². The Hall–Kier alpha value is 0.0900. The molecule has 1 aliphatic rings. The molecule has 0 aromatic carbocycles. The van der Waals surface area contributed by atoms with Crippen LogP contribution in [0.15, 0.2) is 0 Å². The molecule has 0 amide bonds. The van der Waals surface area contributed by atoms with E-state index < -0.39 is 0 Å². The lowest BCUT2D eigenvalue weighted by atomic mass is 10.1. The van der Waals surface area contributed by atoms with Gasteiger partial charge < -0.3 is 0 Å². The van der Waals surface area contributed by atoms with Crippen molar-refractivity contribution < 1.29 is 0 Å². The summed E-state index contributed by atoms with van der Waals surface area (Å²) in [7, 11) is 2.08. The van der Waals surface area contributed by atoms with Gasteiger partial charge in [-0.05, 0) is 24.7 Å². The van der Waals surface area contributed by atoms with Crippen molar-refractivity contribution in [1.29, 1.82) is 0 Å². The molecule has 0 radical (unpaired) electrons. The third kappa shape index (κ3) is 1.79. The molecule has 0 N–H and O–H groups in total. The monoisotopic (exact) mass is 173 g/mol. The van der Waals surface area contributed by atoms with Crippen LogP contribution in [0, 0.1) is 18.3 Å². The predicted molar refractivity (Wildman–Crippen MR) is 49.2 cm³/mol. The van der Waals surface area contributed by atoms with E-state index in [0.717, 1.165) is 18.7 Å². The van der Waals surface area contributed by atoms with Crippen molar-refractivity contribution >= 4 is 20.8 Å². The fourth-order valence-corrected chi connectivity index (χ4v) is 2.84. The molecule has 3 heteroatoms. The lowest BCUT2D eigenvalue weighted by Gasteiger charge is -2.27. The fourth-order valence-electron chi connectivity index (χ4n) is 0.954. The van der Waals surface area contributed by atoms with Crippen molar-refractivity contribution in [2.24, 2.45) is 5.92 Å². The number of rotatable bonds is 0. The predicted octanol–water partition coefficient (Wildman–Crippen LogP) is 0.567. The highest BCUT2D eigenvalue weighted by molar-refractivity contribution is 8.27. The summed E-state index contributed by atoms with van der Waals surface area (Å²) < 4.78 is 2.21. The molecule has 56 valence electrons. The summed E-state index contributed by atoms with van der Waals surface area (Å²) in [5.41, 5.74) is 0. The minimum absolute atomic E-state index is 0.00926. The summed E-state index contributed by atoms with van der Waals surface area (Å²) >= 11 is 5.21. The van der Waals surface area contributed by atoms with E-state index in [1.807, 2.05) is 0 Å². The van der Waals surface area contributed by atoms with E-state index in [-0.39, 0.29) is 9.64 Å². The SMILES string of the molecule is C#CC1CCN(C)S(=S)C1. The van der Waals surface area contributed by atoms with E-state index in [1.165, 1.54) is 0 Å². The maximum Gasteiger partial charge on any atom is 0.0318 e. The van der Waals surface area contributed by atoms with Gasteiger partial charge >= 0.3 is 0 Å². The molecule has 1 saturated heterocycles. The van der Waals surface area contributed by atoms with Crippen molar-refractivity contribution in [2.75, 3.05) is 19.3 Å². The number of nitrogens with zero attached hydrogens (tertiary/aromatic N) is 1. The van der Waals surface area contributed by atoms with Crippen LogP contribution < -0.4 is 0 Å². The standard InChI is InChI=1S/C7H11NS2/c1-3-7-4-5-8(2)10(9)6-7/h1,7H,4-6H2,2H3. The first-order chi connectivity index (χ1) is 4.74. The van der Waals surface area contributed by atoms with E-state index in [4.69, 9.17) is 17.6 Å². The molecule has 1 heterocycles.